The Bertz CT molecular complexity index is 570. The Kier molecular flexibility index (Phi) is 5.35. The first kappa shape index (κ1) is 16.8. The quantitative estimate of drug-likeness (QED) is 0.843. The number of benzene rings is 1. The normalized spacial score (nSPS) is 22.3. The monoisotopic (exact) mass is 331 g/mol. The molecule has 24 heavy (non-hydrogen) atoms. The van der Waals surface area contributed by atoms with Gasteiger partial charge in [0.25, 0.3) is 0 Å². The summed E-state index contributed by atoms with van der Waals surface area (Å²) < 4.78 is 0. The summed E-state index contributed by atoms with van der Waals surface area (Å²) in [5.74, 6) is -0.271. The Morgan fingerprint density at radius 3 is 2.38 bits per heavy atom. The van der Waals surface area contributed by atoms with Crippen LogP contribution < -0.4 is 4.90 Å². The van der Waals surface area contributed by atoms with Crippen LogP contribution in [0.4, 0.5) is 5.69 Å². The highest BCUT2D eigenvalue weighted by atomic mass is 16.7. The lowest BCUT2D eigenvalue weighted by Gasteiger charge is -2.40. The number of hydrogen-bond acceptors (Lipinski definition) is 5. The lowest BCUT2D eigenvalue weighted by molar-refractivity contribution is -0.208. The van der Waals surface area contributed by atoms with Crippen molar-refractivity contribution in [2.45, 2.75) is 32.2 Å². The number of carbonyl (C=O) groups excluding carboxylic acids is 2. The zero-order valence-electron chi connectivity index (χ0n) is 14.2. The standard InChI is InChI=1S/C18H25N3O3/c1-15(22)24-21-10-6-5-9-17(21)18(23)20-13-11-19(12-14-20)16-7-3-2-4-8-16/h2-4,7-8,17H,5-6,9-14H2,1H3. The van der Waals surface area contributed by atoms with E-state index >= 15 is 0 Å². The molecule has 6 heteroatoms. The van der Waals surface area contributed by atoms with E-state index in [4.69, 9.17) is 4.84 Å². The molecule has 0 N–H and O–H groups in total. The largest absolute Gasteiger partial charge is 0.368 e. The first-order valence-corrected chi connectivity index (χ1v) is 8.69. The minimum Gasteiger partial charge on any atom is -0.368 e. The number of para-hydroxylation sites is 1. The minimum absolute atomic E-state index is 0.0867. The number of hydroxylamine groups is 2. The molecule has 0 bridgehead atoms. The second-order valence-corrected chi connectivity index (χ2v) is 6.38. The molecule has 0 aliphatic carbocycles. The maximum absolute atomic E-state index is 12.9. The van der Waals surface area contributed by atoms with Crippen molar-refractivity contribution in [3.05, 3.63) is 30.3 Å². The van der Waals surface area contributed by atoms with Crippen LogP contribution in [0.25, 0.3) is 0 Å². The summed E-state index contributed by atoms with van der Waals surface area (Å²) in [7, 11) is 0. The van der Waals surface area contributed by atoms with Crippen LogP contribution in [0.15, 0.2) is 30.3 Å². The molecule has 1 unspecified atom stereocenters. The second kappa shape index (κ2) is 7.66. The van der Waals surface area contributed by atoms with E-state index in [1.54, 1.807) is 5.06 Å². The highest BCUT2D eigenvalue weighted by molar-refractivity contribution is 5.82. The fraction of sp³-hybridized carbons (Fsp3) is 0.556. The fourth-order valence-corrected chi connectivity index (χ4v) is 3.46. The molecule has 1 amide bonds. The smallest absolute Gasteiger partial charge is 0.322 e. The molecule has 0 saturated carbocycles. The van der Waals surface area contributed by atoms with Crippen LogP contribution in [0.1, 0.15) is 26.2 Å². The molecule has 2 aliphatic rings. The maximum Gasteiger partial charge on any atom is 0.322 e. The van der Waals surface area contributed by atoms with Crippen molar-refractivity contribution < 1.29 is 14.4 Å². The molecule has 130 valence electrons. The maximum atomic E-state index is 12.9. The lowest BCUT2D eigenvalue weighted by Crippen LogP contribution is -2.56. The summed E-state index contributed by atoms with van der Waals surface area (Å²) in [5.41, 5.74) is 1.20. The number of hydrogen-bond donors (Lipinski definition) is 0. The van der Waals surface area contributed by atoms with Gasteiger partial charge in [0, 0.05) is 45.3 Å². The highest BCUT2D eigenvalue weighted by Crippen LogP contribution is 2.21. The van der Waals surface area contributed by atoms with Gasteiger partial charge >= 0.3 is 5.97 Å². The van der Waals surface area contributed by atoms with Crippen molar-refractivity contribution in [2.75, 3.05) is 37.6 Å². The van der Waals surface area contributed by atoms with Crippen LogP contribution in [-0.4, -0.2) is 60.6 Å². The topological polar surface area (TPSA) is 53.1 Å². The Morgan fingerprint density at radius 2 is 1.71 bits per heavy atom. The summed E-state index contributed by atoms with van der Waals surface area (Å²) >= 11 is 0. The molecule has 1 atom stereocenters. The molecule has 2 fully saturated rings. The van der Waals surface area contributed by atoms with Gasteiger partial charge in [-0.25, -0.2) is 0 Å². The van der Waals surface area contributed by atoms with E-state index < -0.39 is 0 Å². The van der Waals surface area contributed by atoms with E-state index in [0.717, 1.165) is 32.4 Å². The minimum atomic E-state index is -0.358. The number of amides is 1. The molecule has 6 nitrogen and oxygen atoms in total. The SMILES string of the molecule is CC(=O)ON1CCCCC1C(=O)N1CCN(c2ccccc2)CC1. The molecule has 0 aromatic heterocycles. The van der Waals surface area contributed by atoms with Gasteiger partial charge in [0.05, 0.1) is 0 Å². The van der Waals surface area contributed by atoms with E-state index in [2.05, 4.69) is 17.0 Å². The van der Waals surface area contributed by atoms with E-state index in [1.165, 1.54) is 12.6 Å². The van der Waals surface area contributed by atoms with Gasteiger partial charge in [-0.3, -0.25) is 9.59 Å². The number of rotatable bonds is 3. The van der Waals surface area contributed by atoms with Crippen molar-refractivity contribution in [3.8, 4) is 0 Å². The van der Waals surface area contributed by atoms with Gasteiger partial charge in [0.2, 0.25) is 5.91 Å². The van der Waals surface area contributed by atoms with Gasteiger partial charge in [-0.2, -0.15) is 0 Å². The van der Waals surface area contributed by atoms with E-state index in [-0.39, 0.29) is 17.9 Å². The van der Waals surface area contributed by atoms with E-state index in [0.29, 0.717) is 19.6 Å². The van der Waals surface area contributed by atoms with Gasteiger partial charge in [-0.1, -0.05) is 18.2 Å². The molecule has 3 rings (SSSR count). The number of anilines is 1. The average molecular weight is 331 g/mol. The second-order valence-electron chi connectivity index (χ2n) is 6.38. The summed E-state index contributed by atoms with van der Waals surface area (Å²) in [4.78, 5) is 33.6. The van der Waals surface area contributed by atoms with E-state index in [9.17, 15) is 9.59 Å². The van der Waals surface area contributed by atoms with E-state index in [1.807, 2.05) is 23.1 Å². The summed E-state index contributed by atoms with van der Waals surface area (Å²) in [6.07, 6.45) is 2.71. The number of nitrogens with zero attached hydrogens (tertiary/aromatic N) is 3. The van der Waals surface area contributed by atoms with Crippen molar-refractivity contribution >= 4 is 17.6 Å². The van der Waals surface area contributed by atoms with Gasteiger partial charge in [-0.15, -0.1) is 5.06 Å². The van der Waals surface area contributed by atoms with Crippen molar-refractivity contribution in [1.82, 2.24) is 9.96 Å². The third-order valence-electron chi connectivity index (χ3n) is 4.70. The number of carbonyl (C=O) groups is 2. The molecular weight excluding hydrogens is 306 g/mol. The zero-order chi connectivity index (χ0) is 16.9. The molecule has 0 spiro atoms. The fourth-order valence-electron chi connectivity index (χ4n) is 3.46. The first-order valence-electron chi connectivity index (χ1n) is 8.69. The van der Waals surface area contributed by atoms with Crippen LogP contribution in [0, 0.1) is 0 Å². The summed E-state index contributed by atoms with van der Waals surface area (Å²) in [6, 6.07) is 9.95. The average Bonchev–Trinajstić information content (AvgIpc) is 2.62. The van der Waals surface area contributed by atoms with Crippen LogP contribution in [0.3, 0.4) is 0 Å². The molecule has 0 radical (unpaired) electrons. The number of piperazine rings is 1. The highest BCUT2D eigenvalue weighted by Gasteiger charge is 2.35. The van der Waals surface area contributed by atoms with Crippen LogP contribution >= 0.6 is 0 Å². The lowest BCUT2D eigenvalue weighted by atomic mass is 10.0. The Balaban J connectivity index is 1.58. The molecule has 1 aromatic carbocycles. The van der Waals surface area contributed by atoms with Gasteiger partial charge < -0.3 is 14.6 Å². The molecular formula is C18H25N3O3. The van der Waals surface area contributed by atoms with Gasteiger partial charge in [-0.05, 0) is 31.4 Å². The molecule has 2 heterocycles. The first-order chi connectivity index (χ1) is 11.6. The molecule has 1 aromatic rings. The summed E-state index contributed by atoms with van der Waals surface area (Å²) in [6.45, 7) is 5.09. The van der Waals surface area contributed by atoms with Crippen LogP contribution in [0.5, 0.6) is 0 Å². The predicted molar refractivity (Wildman–Crippen MR) is 91.3 cm³/mol. The van der Waals surface area contributed by atoms with Crippen molar-refractivity contribution in [3.63, 3.8) is 0 Å². The number of piperidine rings is 1. The van der Waals surface area contributed by atoms with Crippen LogP contribution in [-0.2, 0) is 14.4 Å². The summed E-state index contributed by atoms with van der Waals surface area (Å²) in [5, 5.41) is 1.58. The Hall–Kier alpha value is -2.08. The zero-order valence-corrected chi connectivity index (χ0v) is 14.2. The van der Waals surface area contributed by atoms with Gasteiger partial charge in [0.1, 0.15) is 6.04 Å². The third-order valence-corrected chi connectivity index (χ3v) is 4.70. The predicted octanol–water partition coefficient (Wildman–Crippen LogP) is 1.67. The van der Waals surface area contributed by atoms with Crippen LogP contribution in [0.2, 0.25) is 0 Å². The Morgan fingerprint density at radius 1 is 1.00 bits per heavy atom. The molecule has 2 aliphatic heterocycles. The molecule has 2 saturated heterocycles. The van der Waals surface area contributed by atoms with Crippen molar-refractivity contribution in [1.29, 1.82) is 0 Å². The van der Waals surface area contributed by atoms with Crippen molar-refractivity contribution in [2.24, 2.45) is 0 Å². The van der Waals surface area contributed by atoms with Gasteiger partial charge in [0.15, 0.2) is 0 Å². The Labute approximate surface area is 142 Å². The third kappa shape index (κ3) is 3.87.